The Labute approximate surface area is 166 Å². The number of nitrogens with two attached hydrogens (primary N) is 1. The third kappa shape index (κ3) is 4.25. The van der Waals surface area contributed by atoms with Crippen molar-refractivity contribution in [3.05, 3.63) is 46.4 Å². The van der Waals surface area contributed by atoms with Gasteiger partial charge in [0.2, 0.25) is 5.95 Å². The first-order valence-corrected chi connectivity index (χ1v) is 9.22. The van der Waals surface area contributed by atoms with Crippen molar-refractivity contribution < 1.29 is 19.7 Å². The van der Waals surface area contributed by atoms with Crippen molar-refractivity contribution in [2.75, 3.05) is 24.2 Å². The lowest BCUT2D eigenvalue weighted by Gasteiger charge is -2.29. The van der Waals surface area contributed by atoms with E-state index in [1.165, 1.54) is 12.1 Å². The molecule has 2 aromatic rings. The number of aromatic nitrogens is 2. The van der Waals surface area contributed by atoms with E-state index in [0.717, 1.165) is 0 Å². The number of aliphatic hydroxyl groups is 3. The van der Waals surface area contributed by atoms with Crippen molar-refractivity contribution >= 4 is 35.5 Å². The van der Waals surface area contributed by atoms with Gasteiger partial charge in [-0.15, -0.1) is 0 Å². The normalized spacial score (nSPS) is 24.8. The zero-order valence-electron chi connectivity index (χ0n) is 15.0. The van der Waals surface area contributed by atoms with Crippen molar-refractivity contribution in [3.63, 3.8) is 0 Å². The molecular weight excluding hydrogens is 387 g/mol. The van der Waals surface area contributed by atoms with Crippen LogP contribution in [0, 0.1) is 11.7 Å². The van der Waals surface area contributed by atoms with Crippen LogP contribution >= 0.6 is 11.6 Å². The molecule has 7 nitrogen and oxygen atoms in total. The van der Waals surface area contributed by atoms with Gasteiger partial charge in [0.05, 0.1) is 11.7 Å². The average Bonchev–Trinajstić information content (AvgIpc) is 2.95. The van der Waals surface area contributed by atoms with Gasteiger partial charge in [0.25, 0.3) is 0 Å². The highest BCUT2D eigenvalue weighted by Gasteiger charge is 2.46. The van der Waals surface area contributed by atoms with Gasteiger partial charge in [0.15, 0.2) is 0 Å². The Bertz CT molecular complexity index is 882. The highest BCUT2D eigenvalue weighted by atomic mass is 35.5. The number of aliphatic hydroxyl groups excluding tert-OH is 2. The van der Waals surface area contributed by atoms with E-state index in [-0.39, 0.29) is 41.8 Å². The van der Waals surface area contributed by atoms with Gasteiger partial charge in [-0.05, 0) is 25.0 Å². The fourth-order valence-electron chi connectivity index (χ4n) is 3.32. The van der Waals surface area contributed by atoms with Crippen LogP contribution in [0.2, 0.25) is 5.15 Å². The molecule has 150 valence electrons. The average molecular weight is 409 g/mol. The first-order chi connectivity index (χ1) is 13.3. The second-order valence-corrected chi connectivity index (χ2v) is 7.23. The zero-order chi connectivity index (χ0) is 20.3. The number of hydrogen-bond donors (Lipinski definition) is 5. The van der Waals surface area contributed by atoms with E-state index in [4.69, 9.17) is 17.3 Å². The minimum absolute atomic E-state index is 0.0298. The van der Waals surface area contributed by atoms with E-state index in [1.54, 1.807) is 24.3 Å². The first kappa shape index (κ1) is 20.5. The van der Waals surface area contributed by atoms with E-state index in [0.29, 0.717) is 24.0 Å². The number of halogens is 2. The van der Waals surface area contributed by atoms with Crippen molar-refractivity contribution in [1.29, 1.82) is 0 Å². The molecule has 28 heavy (non-hydrogen) atoms. The third-order valence-corrected chi connectivity index (χ3v) is 5.28. The van der Waals surface area contributed by atoms with Crippen molar-refractivity contribution in [3.8, 4) is 0 Å². The zero-order valence-corrected chi connectivity index (χ0v) is 15.8. The molecule has 3 rings (SSSR count). The number of benzene rings is 1. The van der Waals surface area contributed by atoms with Gasteiger partial charge in [-0.3, -0.25) is 0 Å². The monoisotopic (exact) mass is 408 g/mol. The van der Waals surface area contributed by atoms with Gasteiger partial charge in [-0.25, -0.2) is 9.37 Å². The summed E-state index contributed by atoms with van der Waals surface area (Å²) in [6.07, 6.45) is 2.83. The van der Waals surface area contributed by atoms with E-state index < -0.39 is 11.7 Å². The molecule has 6 N–H and O–H groups in total. The standard InChI is InChI=1S/C19H22ClFN4O3/c20-16-13(6-5-11-3-1-2-4-14(11)21)17(25-18(22)24-16)23-10-19(28)8-7-12(9-26)15(19)27/h1-6,12,15,26-28H,7-10H2,(H3,22,23,24,25). The molecule has 1 aromatic carbocycles. The summed E-state index contributed by atoms with van der Waals surface area (Å²) in [5, 5.41) is 33.3. The van der Waals surface area contributed by atoms with Crippen LogP contribution in [0.15, 0.2) is 24.3 Å². The smallest absolute Gasteiger partial charge is 0.223 e. The summed E-state index contributed by atoms with van der Waals surface area (Å²) in [5.41, 5.74) is 4.97. The highest BCUT2D eigenvalue weighted by molar-refractivity contribution is 6.31. The van der Waals surface area contributed by atoms with Crippen LogP contribution in [0.4, 0.5) is 16.2 Å². The lowest BCUT2D eigenvalue weighted by Crippen LogP contribution is -2.46. The van der Waals surface area contributed by atoms with Crippen molar-refractivity contribution in [1.82, 2.24) is 9.97 Å². The Morgan fingerprint density at radius 1 is 1.32 bits per heavy atom. The fraction of sp³-hybridized carbons (Fsp3) is 0.368. The molecule has 1 aliphatic carbocycles. The number of rotatable bonds is 6. The maximum atomic E-state index is 13.8. The largest absolute Gasteiger partial charge is 0.396 e. The number of nitrogens with zero attached hydrogens (tertiary/aromatic N) is 2. The maximum absolute atomic E-state index is 13.8. The molecule has 0 saturated heterocycles. The summed E-state index contributed by atoms with van der Waals surface area (Å²) in [4.78, 5) is 8.02. The van der Waals surface area contributed by atoms with Gasteiger partial charge in [-0.1, -0.05) is 35.9 Å². The number of anilines is 2. The predicted molar refractivity (Wildman–Crippen MR) is 106 cm³/mol. The molecular formula is C19H22ClFN4O3. The van der Waals surface area contributed by atoms with Gasteiger partial charge in [0, 0.05) is 24.6 Å². The summed E-state index contributed by atoms with van der Waals surface area (Å²) in [6, 6.07) is 6.25. The molecule has 3 unspecified atom stereocenters. The predicted octanol–water partition coefficient (Wildman–Crippen LogP) is 1.93. The van der Waals surface area contributed by atoms with E-state index in [1.807, 2.05) is 0 Å². The lowest BCUT2D eigenvalue weighted by molar-refractivity contribution is -0.0643. The van der Waals surface area contributed by atoms with Crippen LogP contribution in [-0.4, -0.2) is 50.1 Å². The number of nitrogens with one attached hydrogen (secondary N) is 1. The molecule has 1 fully saturated rings. The molecule has 3 atom stereocenters. The quantitative estimate of drug-likeness (QED) is 0.462. The molecule has 1 aliphatic rings. The molecule has 1 saturated carbocycles. The van der Waals surface area contributed by atoms with Gasteiger partial charge < -0.3 is 26.4 Å². The Morgan fingerprint density at radius 2 is 2.07 bits per heavy atom. The van der Waals surface area contributed by atoms with E-state index >= 15 is 0 Å². The molecule has 0 radical (unpaired) electrons. The Hall–Kier alpha value is -2.26. The molecule has 0 bridgehead atoms. The summed E-state index contributed by atoms with van der Waals surface area (Å²) >= 11 is 6.18. The van der Waals surface area contributed by atoms with Crippen molar-refractivity contribution in [2.24, 2.45) is 5.92 Å². The minimum atomic E-state index is -1.42. The van der Waals surface area contributed by atoms with Crippen LogP contribution in [0.1, 0.15) is 24.0 Å². The summed E-state index contributed by atoms with van der Waals surface area (Å²) in [6.45, 7) is -0.232. The van der Waals surface area contributed by atoms with Gasteiger partial charge >= 0.3 is 0 Å². The van der Waals surface area contributed by atoms with Gasteiger partial charge in [-0.2, -0.15) is 4.98 Å². The maximum Gasteiger partial charge on any atom is 0.223 e. The Morgan fingerprint density at radius 3 is 2.75 bits per heavy atom. The third-order valence-electron chi connectivity index (χ3n) is 4.99. The van der Waals surface area contributed by atoms with Crippen LogP contribution < -0.4 is 11.1 Å². The van der Waals surface area contributed by atoms with Crippen LogP contribution in [0.5, 0.6) is 0 Å². The molecule has 1 heterocycles. The summed E-state index contributed by atoms with van der Waals surface area (Å²) in [7, 11) is 0. The van der Waals surface area contributed by atoms with Crippen molar-refractivity contribution in [2.45, 2.75) is 24.5 Å². The molecule has 0 aliphatic heterocycles. The molecule has 1 aromatic heterocycles. The molecule has 0 spiro atoms. The fourth-order valence-corrected chi connectivity index (χ4v) is 3.56. The SMILES string of the molecule is Nc1nc(Cl)c(C=Cc2ccccc2F)c(NCC2(O)CCC(CO)C2O)n1. The van der Waals surface area contributed by atoms with Crippen LogP contribution in [0.25, 0.3) is 12.2 Å². The Kier molecular flexibility index (Phi) is 6.14. The summed E-state index contributed by atoms with van der Waals surface area (Å²) in [5.74, 6) is -0.591. The lowest BCUT2D eigenvalue weighted by atomic mass is 9.96. The highest BCUT2D eigenvalue weighted by Crippen LogP contribution is 2.35. The molecule has 0 amide bonds. The van der Waals surface area contributed by atoms with Crippen LogP contribution in [0.3, 0.4) is 0 Å². The van der Waals surface area contributed by atoms with E-state index in [9.17, 15) is 19.7 Å². The van der Waals surface area contributed by atoms with E-state index in [2.05, 4.69) is 15.3 Å². The number of hydrogen-bond acceptors (Lipinski definition) is 7. The second-order valence-electron chi connectivity index (χ2n) is 6.87. The van der Waals surface area contributed by atoms with Crippen LogP contribution in [-0.2, 0) is 0 Å². The Balaban J connectivity index is 1.84. The second kappa shape index (κ2) is 8.40. The first-order valence-electron chi connectivity index (χ1n) is 8.85. The topological polar surface area (TPSA) is 125 Å². The molecule has 9 heteroatoms. The minimum Gasteiger partial charge on any atom is -0.396 e. The van der Waals surface area contributed by atoms with Gasteiger partial charge in [0.1, 0.15) is 22.4 Å². The summed E-state index contributed by atoms with van der Waals surface area (Å²) < 4.78 is 13.8. The number of nitrogen functional groups attached to an aromatic ring is 1.